The molecule has 2 amide bonds. The van der Waals surface area contributed by atoms with Crippen LogP contribution in [0.4, 0.5) is 10.6 Å². The first-order chi connectivity index (χ1) is 16.1. The number of benzene rings is 3. The van der Waals surface area contributed by atoms with E-state index in [1.165, 1.54) is 5.56 Å². The monoisotopic (exact) mass is 480 g/mol. The maximum absolute atomic E-state index is 12.7. The van der Waals surface area contributed by atoms with Gasteiger partial charge in [0.05, 0.1) is 5.39 Å². The molecule has 0 saturated carbocycles. The van der Waals surface area contributed by atoms with E-state index in [9.17, 15) is 4.79 Å². The molecule has 0 spiro atoms. The van der Waals surface area contributed by atoms with Crippen molar-refractivity contribution >= 4 is 46.0 Å². The highest BCUT2D eigenvalue weighted by Gasteiger charge is 2.22. The van der Waals surface area contributed by atoms with Crippen molar-refractivity contribution in [3.8, 4) is 11.1 Å². The molecule has 3 aromatic carbocycles. The number of anilines is 1. The standard InChI is InChI=1S/C25H22Cl2N4O2/c26-19-8-9-22(27)21(15-19)18-5-3-4-17(14-18)16-30-10-12-31(13-11-30)25(32)28-24-20-6-1-2-7-23(20)33-29-24/h1-9,14-15H,10-13,16H2,(H,28,29,32). The Morgan fingerprint density at radius 2 is 1.79 bits per heavy atom. The van der Waals surface area contributed by atoms with Crippen molar-refractivity contribution in [2.24, 2.45) is 0 Å². The molecular formula is C25H22Cl2N4O2. The number of carbonyl (C=O) groups is 1. The number of para-hydroxylation sites is 1. The van der Waals surface area contributed by atoms with Gasteiger partial charge in [-0.05, 0) is 47.5 Å². The number of urea groups is 1. The molecule has 4 aromatic rings. The van der Waals surface area contributed by atoms with Crippen molar-refractivity contribution in [3.05, 3.63) is 82.3 Å². The second kappa shape index (κ2) is 9.43. The molecule has 1 aromatic heterocycles. The number of fused-ring (bicyclic) bond motifs is 1. The molecule has 0 bridgehead atoms. The SMILES string of the molecule is O=C(Nc1noc2ccccc12)N1CCN(Cc2cccc(-c3cc(Cl)ccc3Cl)c2)CC1. The molecule has 0 radical (unpaired) electrons. The van der Waals surface area contributed by atoms with Gasteiger partial charge >= 0.3 is 6.03 Å². The Kier molecular flexibility index (Phi) is 6.22. The van der Waals surface area contributed by atoms with Crippen molar-refractivity contribution in [2.75, 3.05) is 31.5 Å². The first-order valence-corrected chi connectivity index (χ1v) is 11.5. The topological polar surface area (TPSA) is 61.6 Å². The van der Waals surface area contributed by atoms with Crippen LogP contribution < -0.4 is 5.32 Å². The number of nitrogens with zero attached hydrogens (tertiary/aromatic N) is 3. The van der Waals surface area contributed by atoms with E-state index in [-0.39, 0.29) is 6.03 Å². The fourth-order valence-electron chi connectivity index (χ4n) is 4.08. The van der Waals surface area contributed by atoms with E-state index in [1.807, 2.05) is 53.4 Å². The molecule has 2 heterocycles. The smallest absolute Gasteiger partial charge is 0.323 e. The number of hydrogen-bond acceptors (Lipinski definition) is 4. The molecule has 1 N–H and O–H groups in total. The number of carbonyl (C=O) groups excluding carboxylic acids is 1. The predicted molar refractivity (Wildman–Crippen MR) is 132 cm³/mol. The Hall–Kier alpha value is -3.06. The van der Waals surface area contributed by atoms with Crippen molar-refractivity contribution in [1.29, 1.82) is 0 Å². The van der Waals surface area contributed by atoms with Crippen molar-refractivity contribution in [3.63, 3.8) is 0 Å². The van der Waals surface area contributed by atoms with E-state index in [0.29, 0.717) is 34.5 Å². The van der Waals surface area contributed by atoms with E-state index >= 15 is 0 Å². The summed E-state index contributed by atoms with van der Waals surface area (Å²) in [5.74, 6) is 0.453. The highest BCUT2D eigenvalue weighted by Crippen LogP contribution is 2.31. The van der Waals surface area contributed by atoms with Gasteiger partial charge in [0, 0.05) is 48.3 Å². The Morgan fingerprint density at radius 3 is 2.64 bits per heavy atom. The summed E-state index contributed by atoms with van der Waals surface area (Å²) in [5, 5.41) is 8.99. The molecule has 0 atom stereocenters. The first-order valence-electron chi connectivity index (χ1n) is 10.7. The number of aromatic nitrogens is 1. The van der Waals surface area contributed by atoms with Crippen LogP contribution in [-0.4, -0.2) is 47.2 Å². The fourth-order valence-corrected chi connectivity index (χ4v) is 4.48. The average Bonchev–Trinajstić information content (AvgIpc) is 3.24. The maximum atomic E-state index is 12.7. The lowest BCUT2D eigenvalue weighted by Crippen LogP contribution is -2.49. The summed E-state index contributed by atoms with van der Waals surface area (Å²) in [4.78, 5) is 16.9. The number of halogens is 2. The number of nitrogens with one attached hydrogen (secondary N) is 1. The van der Waals surface area contributed by atoms with E-state index < -0.39 is 0 Å². The minimum Gasteiger partial charge on any atom is -0.354 e. The molecule has 6 nitrogen and oxygen atoms in total. The highest BCUT2D eigenvalue weighted by molar-refractivity contribution is 6.35. The van der Waals surface area contributed by atoms with Gasteiger partial charge in [-0.15, -0.1) is 0 Å². The molecular weight excluding hydrogens is 459 g/mol. The van der Waals surface area contributed by atoms with E-state index in [0.717, 1.165) is 36.1 Å². The van der Waals surface area contributed by atoms with Gasteiger partial charge < -0.3 is 9.42 Å². The summed E-state index contributed by atoms with van der Waals surface area (Å²) in [6, 6.07) is 21.1. The first kappa shape index (κ1) is 21.8. The number of piperazine rings is 1. The summed E-state index contributed by atoms with van der Waals surface area (Å²) in [5.41, 5.74) is 3.81. The van der Waals surface area contributed by atoms with Gasteiger partial charge in [-0.1, -0.05) is 58.7 Å². The summed E-state index contributed by atoms with van der Waals surface area (Å²) in [6.45, 7) is 3.66. The Labute approximate surface area is 201 Å². The third kappa shape index (κ3) is 4.83. The number of rotatable bonds is 4. The zero-order valence-electron chi connectivity index (χ0n) is 17.8. The second-order valence-corrected chi connectivity index (χ2v) is 8.89. The van der Waals surface area contributed by atoms with E-state index in [2.05, 4.69) is 27.5 Å². The lowest BCUT2D eigenvalue weighted by atomic mass is 10.0. The average molecular weight is 481 g/mol. The fraction of sp³-hybridized carbons (Fsp3) is 0.200. The van der Waals surface area contributed by atoms with E-state index in [1.54, 1.807) is 6.07 Å². The molecule has 1 aliphatic rings. The van der Waals surface area contributed by atoms with Crippen LogP contribution in [0.15, 0.2) is 71.3 Å². The third-order valence-corrected chi connectivity index (χ3v) is 6.40. The van der Waals surface area contributed by atoms with Crippen molar-refractivity contribution in [1.82, 2.24) is 15.0 Å². The normalized spacial score (nSPS) is 14.5. The summed E-state index contributed by atoms with van der Waals surface area (Å²) >= 11 is 12.5. The molecule has 8 heteroatoms. The summed E-state index contributed by atoms with van der Waals surface area (Å²) in [7, 11) is 0. The van der Waals surface area contributed by atoms with Crippen LogP contribution in [0, 0.1) is 0 Å². The van der Waals surface area contributed by atoms with Crippen LogP contribution in [-0.2, 0) is 6.54 Å². The second-order valence-electron chi connectivity index (χ2n) is 8.05. The summed E-state index contributed by atoms with van der Waals surface area (Å²) < 4.78 is 5.27. The van der Waals surface area contributed by atoms with Gasteiger partial charge in [0.1, 0.15) is 0 Å². The van der Waals surface area contributed by atoms with Gasteiger partial charge in [0.25, 0.3) is 0 Å². The molecule has 1 aliphatic heterocycles. The number of hydrogen-bond donors (Lipinski definition) is 1. The molecule has 33 heavy (non-hydrogen) atoms. The van der Waals surface area contributed by atoms with Gasteiger partial charge in [0.15, 0.2) is 11.4 Å². The largest absolute Gasteiger partial charge is 0.354 e. The Morgan fingerprint density at radius 1 is 0.970 bits per heavy atom. The lowest BCUT2D eigenvalue weighted by Gasteiger charge is -2.34. The van der Waals surface area contributed by atoms with Gasteiger partial charge in [-0.25, -0.2) is 4.79 Å². The molecule has 5 rings (SSSR count). The zero-order chi connectivity index (χ0) is 22.8. The van der Waals surface area contributed by atoms with Crippen molar-refractivity contribution in [2.45, 2.75) is 6.54 Å². The van der Waals surface area contributed by atoms with Crippen LogP contribution in [0.1, 0.15) is 5.56 Å². The molecule has 168 valence electrons. The van der Waals surface area contributed by atoms with Crippen LogP contribution in [0.5, 0.6) is 0 Å². The lowest BCUT2D eigenvalue weighted by molar-refractivity contribution is 0.143. The molecule has 0 aliphatic carbocycles. The maximum Gasteiger partial charge on any atom is 0.323 e. The minimum atomic E-state index is -0.161. The summed E-state index contributed by atoms with van der Waals surface area (Å²) in [6.07, 6.45) is 0. The van der Waals surface area contributed by atoms with Crippen LogP contribution in [0.2, 0.25) is 10.0 Å². The minimum absolute atomic E-state index is 0.161. The predicted octanol–water partition coefficient (Wildman–Crippen LogP) is 6.15. The van der Waals surface area contributed by atoms with Gasteiger partial charge in [-0.3, -0.25) is 10.2 Å². The Bertz CT molecular complexity index is 1300. The molecule has 0 unspecified atom stereocenters. The van der Waals surface area contributed by atoms with Crippen LogP contribution >= 0.6 is 23.2 Å². The van der Waals surface area contributed by atoms with Gasteiger partial charge in [-0.2, -0.15) is 0 Å². The zero-order valence-corrected chi connectivity index (χ0v) is 19.3. The van der Waals surface area contributed by atoms with Crippen LogP contribution in [0.25, 0.3) is 22.1 Å². The Balaban J connectivity index is 1.19. The van der Waals surface area contributed by atoms with Crippen LogP contribution in [0.3, 0.4) is 0 Å². The van der Waals surface area contributed by atoms with Crippen molar-refractivity contribution < 1.29 is 9.32 Å². The quantitative estimate of drug-likeness (QED) is 0.380. The third-order valence-electron chi connectivity index (χ3n) is 5.83. The molecule has 1 saturated heterocycles. The molecule has 1 fully saturated rings. The van der Waals surface area contributed by atoms with Gasteiger partial charge in [0.2, 0.25) is 0 Å². The number of amides is 2. The highest BCUT2D eigenvalue weighted by atomic mass is 35.5. The van der Waals surface area contributed by atoms with E-state index in [4.69, 9.17) is 27.7 Å².